The Morgan fingerprint density at radius 2 is 1.96 bits per heavy atom. The van der Waals surface area contributed by atoms with Crippen LogP contribution in [-0.4, -0.2) is 20.7 Å². The molecule has 0 radical (unpaired) electrons. The molecule has 28 heavy (non-hydrogen) atoms. The molecule has 1 fully saturated rings. The van der Waals surface area contributed by atoms with Crippen LogP contribution in [0.15, 0.2) is 46.6 Å². The van der Waals surface area contributed by atoms with E-state index in [-0.39, 0.29) is 16.5 Å². The van der Waals surface area contributed by atoms with Gasteiger partial charge in [-0.1, -0.05) is 17.3 Å². The molecule has 1 aliphatic rings. The Hall–Kier alpha value is -3.26. The third kappa shape index (κ3) is 2.91. The Morgan fingerprint density at radius 1 is 1.21 bits per heavy atom. The number of nitrogens with one attached hydrogen (secondary N) is 1. The highest BCUT2D eigenvalue weighted by Crippen LogP contribution is 2.27. The number of carbonyl (C=O) groups excluding carboxylic acids is 1. The summed E-state index contributed by atoms with van der Waals surface area (Å²) in [6.45, 7) is 5.70. The first-order valence-corrected chi connectivity index (χ1v) is 9.02. The highest BCUT2D eigenvalue weighted by molar-refractivity contribution is 7.80. The number of aryl methyl sites for hydroxylation is 2. The van der Waals surface area contributed by atoms with Gasteiger partial charge >= 0.3 is 0 Å². The number of hydrogen-bond donors (Lipinski definition) is 1. The molecule has 1 aliphatic heterocycles. The quantitative estimate of drug-likeness (QED) is 0.539. The van der Waals surface area contributed by atoms with E-state index < -0.39 is 11.7 Å². The Morgan fingerprint density at radius 3 is 2.64 bits per heavy atom. The summed E-state index contributed by atoms with van der Waals surface area (Å²) in [6.07, 6.45) is 1.71. The van der Waals surface area contributed by atoms with Gasteiger partial charge in [-0.3, -0.25) is 9.36 Å². The number of halogens is 1. The fourth-order valence-corrected chi connectivity index (χ4v) is 3.58. The van der Waals surface area contributed by atoms with Crippen molar-refractivity contribution in [3.8, 4) is 5.82 Å². The number of benzene rings is 1. The van der Waals surface area contributed by atoms with E-state index in [9.17, 15) is 9.18 Å². The lowest BCUT2D eigenvalue weighted by Gasteiger charge is -2.14. The number of hydrogen-bond acceptors (Lipinski definition) is 4. The van der Waals surface area contributed by atoms with E-state index in [1.165, 1.54) is 12.1 Å². The largest absolute Gasteiger partial charge is 0.360 e. The van der Waals surface area contributed by atoms with Gasteiger partial charge in [0.15, 0.2) is 10.9 Å². The van der Waals surface area contributed by atoms with Gasteiger partial charge in [-0.05, 0) is 62.8 Å². The van der Waals surface area contributed by atoms with Crippen molar-refractivity contribution in [2.45, 2.75) is 20.8 Å². The molecule has 0 bridgehead atoms. The standard InChI is InChI=1S/C20H17FN4O2S/c1-11-8-14(13(3)24(11)18-9-12(2)27-23-18)10-16-19(26)25(20(28)22-16)17-7-5-4-6-15(17)21/h4-10H,1-3H3,(H,22,28)/b16-10-. The maximum Gasteiger partial charge on any atom is 0.281 e. The molecule has 4 rings (SSSR count). The topological polar surface area (TPSA) is 63.3 Å². The van der Waals surface area contributed by atoms with Gasteiger partial charge in [-0.25, -0.2) is 9.29 Å². The molecule has 0 aliphatic carbocycles. The average molecular weight is 396 g/mol. The monoisotopic (exact) mass is 396 g/mol. The van der Waals surface area contributed by atoms with Crippen LogP contribution < -0.4 is 10.2 Å². The van der Waals surface area contributed by atoms with Crippen LogP contribution in [0.4, 0.5) is 10.1 Å². The second-order valence-electron chi connectivity index (χ2n) is 6.54. The number of carbonyl (C=O) groups is 1. The fourth-order valence-electron chi connectivity index (χ4n) is 3.29. The zero-order valence-electron chi connectivity index (χ0n) is 15.5. The number of thiocarbonyl (C=S) groups is 1. The van der Waals surface area contributed by atoms with E-state index in [1.54, 1.807) is 18.2 Å². The van der Waals surface area contributed by atoms with Crippen molar-refractivity contribution >= 4 is 35.0 Å². The number of aromatic nitrogens is 2. The number of amides is 1. The molecule has 0 atom stereocenters. The van der Waals surface area contributed by atoms with Crippen molar-refractivity contribution < 1.29 is 13.7 Å². The Kier molecular flexibility index (Phi) is 4.35. The predicted molar refractivity (Wildman–Crippen MR) is 108 cm³/mol. The van der Waals surface area contributed by atoms with Crippen LogP contribution in [0.5, 0.6) is 0 Å². The van der Waals surface area contributed by atoms with Gasteiger partial charge < -0.3 is 9.84 Å². The molecule has 1 N–H and O–H groups in total. The summed E-state index contributed by atoms with van der Waals surface area (Å²) in [5.41, 5.74) is 3.06. The van der Waals surface area contributed by atoms with E-state index in [4.69, 9.17) is 16.7 Å². The van der Waals surface area contributed by atoms with Crippen molar-refractivity contribution in [1.82, 2.24) is 15.0 Å². The maximum atomic E-state index is 14.1. The van der Waals surface area contributed by atoms with E-state index in [2.05, 4.69) is 10.5 Å². The minimum Gasteiger partial charge on any atom is -0.360 e. The van der Waals surface area contributed by atoms with Crippen molar-refractivity contribution in [2.24, 2.45) is 0 Å². The van der Waals surface area contributed by atoms with Crippen molar-refractivity contribution in [3.05, 3.63) is 70.6 Å². The van der Waals surface area contributed by atoms with Crippen molar-refractivity contribution in [3.63, 3.8) is 0 Å². The van der Waals surface area contributed by atoms with Crippen LogP contribution in [0.2, 0.25) is 0 Å². The van der Waals surface area contributed by atoms with Crippen LogP contribution in [-0.2, 0) is 4.79 Å². The van der Waals surface area contributed by atoms with E-state index in [1.807, 2.05) is 37.5 Å². The van der Waals surface area contributed by atoms with Crippen LogP contribution in [0.1, 0.15) is 22.7 Å². The summed E-state index contributed by atoms with van der Waals surface area (Å²) >= 11 is 5.25. The summed E-state index contributed by atoms with van der Waals surface area (Å²) in [6, 6.07) is 9.81. The molecule has 8 heteroatoms. The van der Waals surface area contributed by atoms with Crippen LogP contribution in [0.25, 0.3) is 11.9 Å². The smallest absolute Gasteiger partial charge is 0.281 e. The van der Waals surface area contributed by atoms with Crippen LogP contribution in [0.3, 0.4) is 0 Å². The van der Waals surface area contributed by atoms with Gasteiger partial charge in [0.2, 0.25) is 0 Å². The molecule has 3 heterocycles. The Balaban J connectivity index is 1.72. The maximum absolute atomic E-state index is 14.1. The SMILES string of the molecule is Cc1cc(-n2c(C)cc(/C=C3\NC(=S)N(c4ccccc4F)C3=O)c2C)no1. The lowest BCUT2D eigenvalue weighted by atomic mass is 10.2. The van der Waals surface area contributed by atoms with Gasteiger partial charge in [0.1, 0.15) is 17.3 Å². The number of para-hydroxylation sites is 1. The molecule has 0 saturated carbocycles. The lowest BCUT2D eigenvalue weighted by Crippen LogP contribution is -2.31. The normalized spacial score (nSPS) is 15.6. The molecule has 3 aromatic rings. The summed E-state index contributed by atoms with van der Waals surface area (Å²) in [7, 11) is 0. The van der Waals surface area contributed by atoms with E-state index >= 15 is 0 Å². The summed E-state index contributed by atoms with van der Waals surface area (Å²) in [5.74, 6) is 0.463. The highest BCUT2D eigenvalue weighted by Gasteiger charge is 2.33. The van der Waals surface area contributed by atoms with Gasteiger partial charge in [0, 0.05) is 17.5 Å². The third-order valence-corrected chi connectivity index (χ3v) is 4.87. The fraction of sp³-hybridized carbons (Fsp3) is 0.150. The summed E-state index contributed by atoms with van der Waals surface area (Å²) in [5, 5.41) is 7.08. The third-order valence-electron chi connectivity index (χ3n) is 4.59. The highest BCUT2D eigenvalue weighted by atomic mass is 32.1. The molecule has 142 valence electrons. The molecule has 6 nitrogen and oxygen atoms in total. The Bertz CT molecular complexity index is 1150. The molecule has 0 spiro atoms. The summed E-state index contributed by atoms with van der Waals surface area (Å²) in [4.78, 5) is 14.0. The first-order chi connectivity index (χ1) is 13.4. The summed E-state index contributed by atoms with van der Waals surface area (Å²) < 4.78 is 21.2. The van der Waals surface area contributed by atoms with Crippen molar-refractivity contribution in [1.29, 1.82) is 0 Å². The number of nitrogens with zero attached hydrogens (tertiary/aromatic N) is 3. The Labute approximate surface area is 166 Å². The van der Waals surface area contributed by atoms with Crippen molar-refractivity contribution in [2.75, 3.05) is 4.90 Å². The number of rotatable bonds is 3. The molecular formula is C20H17FN4O2S. The average Bonchev–Trinajstić information content (AvgIpc) is 3.27. The van der Waals surface area contributed by atoms with Gasteiger partial charge in [-0.15, -0.1) is 0 Å². The second-order valence-corrected chi connectivity index (χ2v) is 6.92. The molecule has 1 saturated heterocycles. The van der Waals surface area contributed by atoms with Crippen LogP contribution in [0, 0.1) is 26.6 Å². The van der Waals surface area contributed by atoms with E-state index in [0.717, 1.165) is 21.9 Å². The van der Waals surface area contributed by atoms with Gasteiger partial charge in [0.05, 0.1) is 5.69 Å². The molecule has 1 aromatic carbocycles. The van der Waals surface area contributed by atoms with E-state index in [0.29, 0.717) is 11.6 Å². The lowest BCUT2D eigenvalue weighted by molar-refractivity contribution is -0.113. The minimum atomic E-state index is -0.513. The zero-order chi connectivity index (χ0) is 20.0. The molecular weight excluding hydrogens is 379 g/mol. The van der Waals surface area contributed by atoms with Gasteiger partial charge in [0.25, 0.3) is 5.91 Å². The first kappa shape index (κ1) is 18.1. The molecule has 1 amide bonds. The molecule has 0 unspecified atom stereocenters. The van der Waals surface area contributed by atoms with Crippen LogP contribution >= 0.6 is 12.2 Å². The minimum absolute atomic E-state index is 0.122. The predicted octanol–water partition coefficient (Wildman–Crippen LogP) is 3.79. The molecule has 2 aromatic heterocycles. The second kappa shape index (κ2) is 6.72. The number of anilines is 1. The van der Waals surface area contributed by atoms with Gasteiger partial charge in [-0.2, -0.15) is 0 Å². The first-order valence-electron chi connectivity index (χ1n) is 8.61. The zero-order valence-corrected chi connectivity index (χ0v) is 16.3.